The summed E-state index contributed by atoms with van der Waals surface area (Å²) in [6.45, 7) is 6.27. The molecule has 2 rings (SSSR count). The van der Waals surface area contributed by atoms with Crippen LogP contribution in [-0.2, 0) is 4.79 Å². The van der Waals surface area contributed by atoms with Gasteiger partial charge in [0.05, 0.1) is 13.0 Å². The Morgan fingerprint density at radius 2 is 1.82 bits per heavy atom. The van der Waals surface area contributed by atoms with Crippen molar-refractivity contribution in [1.29, 1.82) is 0 Å². The summed E-state index contributed by atoms with van der Waals surface area (Å²) >= 11 is 6.04. The van der Waals surface area contributed by atoms with Crippen LogP contribution >= 0.6 is 11.6 Å². The molecule has 0 aliphatic carbocycles. The summed E-state index contributed by atoms with van der Waals surface area (Å²) in [5, 5.41) is 3.46. The predicted octanol–water partition coefficient (Wildman–Crippen LogP) is 4.67. The first-order valence-electron chi connectivity index (χ1n) is 7.22. The van der Waals surface area contributed by atoms with E-state index in [4.69, 9.17) is 16.3 Å². The summed E-state index contributed by atoms with van der Waals surface area (Å²) in [7, 11) is 0. The molecule has 0 bridgehead atoms. The zero-order valence-corrected chi connectivity index (χ0v) is 13.8. The van der Waals surface area contributed by atoms with Crippen molar-refractivity contribution >= 4 is 23.2 Å². The van der Waals surface area contributed by atoms with E-state index in [-0.39, 0.29) is 5.91 Å². The summed E-state index contributed by atoms with van der Waals surface area (Å²) in [5.74, 6) is 0.733. The Morgan fingerprint density at radius 3 is 2.55 bits per heavy atom. The molecule has 116 valence electrons. The van der Waals surface area contributed by atoms with Crippen LogP contribution in [0, 0.1) is 20.8 Å². The van der Waals surface area contributed by atoms with Crippen LogP contribution in [0.4, 0.5) is 5.69 Å². The normalized spacial score (nSPS) is 10.4. The van der Waals surface area contributed by atoms with Gasteiger partial charge in [-0.15, -0.1) is 0 Å². The quantitative estimate of drug-likeness (QED) is 0.870. The zero-order valence-electron chi connectivity index (χ0n) is 13.1. The number of halogens is 1. The molecule has 4 heteroatoms. The number of hydrogen-bond donors (Lipinski definition) is 1. The van der Waals surface area contributed by atoms with Gasteiger partial charge in [0.15, 0.2) is 0 Å². The number of amides is 1. The second-order valence-electron chi connectivity index (χ2n) is 5.38. The van der Waals surface area contributed by atoms with Gasteiger partial charge in [0.2, 0.25) is 5.91 Å². The summed E-state index contributed by atoms with van der Waals surface area (Å²) in [6, 6.07) is 11.5. The number of anilines is 1. The van der Waals surface area contributed by atoms with E-state index in [0.29, 0.717) is 23.7 Å². The summed E-state index contributed by atoms with van der Waals surface area (Å²) in [4.78, 5) is 11.9. The Kier molecular flexibility index (Phi) is 5.45. The average Bonchev–Trinajstić information content (AvgIpc) is 2.46. The maximum Gasteiger partial charge on any atom is 0.227 e. The summed E-state index contributed by atoms with van der Waals surface area (Å²) in [5.41, 5.74) is 3.89. The van der Waals surface area contributed by atoms with Gasteiger partial charge in [0.25, 0.3) is 0 Å². The number of ether oxygens (including phenoxy) is 1. The van der Waals surface area contributed by atoms with Gasteiger partial charge in [-0.05, 0) is 55.7 Å². The number of nitrogens with one attached hydrogen (secondary N) is 1. The Bertz CT molecular complexity index is 683. The van der Waals surface area contributed by atoms with E-state index in [2.05, 4.69) is 5.32 Å². The monoisotopic (exact) mass is 317 g/mol. The number of benzene rings is 2. The molecule has 1 amide bonds. The van der Waals surface area contributed by atoms with Crippen LogP contribution in [0.3, 0.4) is 0 Å². The molecule has 0 radical (unpaired) electrons. The van der Waals surface area contributed by atoms with Gasteiger partial charge in [-0.25, -0.2) is 0 Å². The van der Waals surface area contributed by atoms with Crippen molar-refractivity contribution < 1.29 is 9.53 Å². The van der Waals surface area contributed by atoms with Gasteiger partial charge in [-0.3, -0.25) is 4.79 Å². The fourth-order valence-electron chi connectivity index (χ4n) is 2.01. The highest BCUT2D eigenvalue weighted by molar-refractivity contribution is 6.31. The van der Waals surface area contributed by atoms with Gasteiger partial charge in [-0.2, -0.15) is 0 Å². The van der Waals surface area contributed by atoms with E-state index in [0.717, 1.165) is 22.4 Å². The molecule has 3 nitrogen and oxygen atoms in total. The van der Waals surface area contributed by atoms with Crippen LogP contribution < -0.4 is 10.1 Å². The van der Waals surface area contributed by atoms with E-state index < -0.39 is 0 Å². The minimum absolute atomic E-state index is 0.0924. The molecule has 2 aromatic carbocycles. The standard InChI is InChI=1S/C18H20ClNO2/c1-12-4-5-14(3)17(10-12)22-9-8-18(21)20-15-7-6-13(2)16(19)11-15/h4-7,10-11H,8-9H2,1-3H3,(H,20,21). The van der Waals surface area contributed by atoms with Crippen molar-refractivity contribution in [2.75, 3.05) is 11.9 Å². The lowest BCUT2D eigenvalue weighted by Gasteiger charge is -2.10. The average molecular weight is 318 g/mol. The van der Waals surface area contributed by atoms with Gasteiger partial charge in [-0.1, -0.05) is 29.8 Å². The molecule has 2 aromatic rings. The minimum Gasteiger partial charge on any atom is -0.493 e. The topological polar surface area (TPSA) is 38.3 Å². The predicted molar refractivity (Wildman–Crippen MR) is 90.8 cm³/mol. The van der Waals surface area contributed by atoms with Gasteiger partial charge in [0, 0.05) is 10.7 Å². The largest absolute Gasteiger partial charge is 0.493 e. The van der Waals surface area contributed by atoms with Gasteiger partial charge >= 0.3 is 0 Å². The van der Waals surface area contributed by atoms with E-state index >= 15 is 0 Å². The van der Waals surface area contributed by atoms with Crippen LogP contribution in [-0.4, -0.2) is 12.5 Å². The maximum absolute atomic E-state index is 11.9. The van der Waals surface area contributed by atoms with Crippen molar-refractivity contribution in [3.05, 3.63) is 58.1 Å². The highest BCUT2D eigenvalue weighted by Gasteiger charge is 2.06. The third-order valence-electron chi connectivity index (χ3n) is 3.39. The molecule has 0 atom stereocenters. The number of aryl methyl sites for hydroxylation is 3. The molecule has 0 heterocycles. The first-order valence-corrected chi connectivity index (χ1v) is 7.59. The first kappa shape index (κ1) is 16.4. The van der Waals surface area contributed by atoms with Crippen LogP contribution in [0.2, 0.25) is 5.02 Å². The van der Waals surface area contributed by atoms with Crippen LogP contribution in [0.15, 0.2) is 36.4 Å². The van der Waals surface area contributed by atoms with Gasteiger partial charge in [0.1, 0.15) is 5.75 Å². The van der Waals surface area contributed by atoms with E-state index in [1.807, 2.05) is 51.1 Å². The second-order valence-corrected chi connectivity index (χ2v) is 5.79. The summed E-state index contributed by atoms with van der Waals surface area (Å²) < 4.78 is 5.68. The van der Waals surface area contributed by atoms with Gasteiger partial charge < -0.3 is 10.1 Å². The van der Waals surface area contributed by atoms with Crippen molar-refractivity contribution in [3.8, 4) is 5.75 Å². The Balaban J connectivity index is 1.85. The third-order valence-corrected chi connectivity index (χ3v) is 3.79. The highest BCUT2D eigenvalue weighted by atomic mass is 35.5. The van der Waals surface area contributed by atoms with Crippen LogP contribution in [0.5, 0.6) is 5.75 Å². The maximum atomic E-state index is 11.9. The Labute approximate surface area is 136 Å². The molecule has 0 aromatic heterocycles. The molecule has 0 aliphatic heterocycles. The molecule has 0 saturated carbocycles. The zero-order chi connectivity index (χ0) is 16.1. The number of carbonyl (C=O) groups is 1. The van der Waals surface area contributed by atoms with Crippen LogP contribution in [0.25, 0.3) is 0 Å². The fourth-order valence-corrected chi connectivity index (χ4v) is 2.19. The SMILES string of the molecule is Cc1ccc(C)c(OCCC(=O)Nc2ccc(C)c(Cl)c2)c1. The number of hydrogen-bond acceptors (Lipinski definition) is 2. The Morgan fingerprint density at radius 1 is 1.09 bits per heavy atom. The lowest BCUT2D eigenvalue weighted by molar-refractivity contribution is -0.116. The lowest BCUT2D eigenvalue weighted by atomic mass is 10.1. The molecule has 1 N–H and O–H groups in total. The van der Waals surface area contributed by atoms with Crippen LogP contribution in [0.1, 0.15) is 23.1 Å². The second kappa shape index (κ2) is 7.32. The molecule has 0 fully saturated rings. The molecular formula is C18H20ClNO2. The third kappa shape index (κ3) is 4.50. The molecule has 0 aliphatic rings. The first-order chi connectivity index (χ1) is 10.5. The highest BCUT2D eigenvalue weighted by Crippen LogP contribution is 2.21. The van der Waals surface area contributed by atoms with Crippen molar-refractivity contribution in [1.82, 2.24) is 0 Å². The molecule has 22 heavy (non-hydrogen) atoms. The van der Waals surface area contributed by atoms with E-state index in [1.165, 1.54) is 0 Å². The van der Waals surface area contributed by atoms with E-state index in [1.54, 1.807) is 6.07 Å². The molecule has 0 saturated heterocycles. The molecule has 0 spiro atoms. The van der Waals surface area contributed by atoms with Crippen molar-refractivity contribution in [3.63, 3.8) is 0 Å². The minimum atomic E-state index is -0.0924. The van der Waals surface area contributed by atoms with E-state index in [9.17, 15) is 4.79 Å². The van der Waals surface area contributed by atoms with Crippen molar-refractivity contribution in [2.45, 2.75) is 27.2 Å². The Hall–Kier alpha value is -2.00. The number of carbonyl (C=O) groups excluding carboxylic acids is 1. The smallest absolute Gasteiger partial charge is 0.227 e. The lowest BCUT2D eigenvalue weighted by Crippen LogP contribution is -2.15. The molecular weight excluding hydrogens is 298 g/mol. The number of rotatable bonds is 5. The summed E-state index contributed by atoms with van der Waals surface area (Å²) in [6.07, 6.45) is 0.291. The molecule has 0 unspecified atom stereocenters. The van der Waals surface area contributed by atoms with Crippen molar-refractivity contribution in [2.24, 2.45) is 0 Å². The fraction of sp³-hybridized carbons (Fsp3) is 0.278.